The number of piperazine rings is 1. The van der Waals surface area contributed by atoms with Gasteiger partial charge >= 0.3 is 6.18 Å². The van der Waals surface area contributed by atoms with E-state index in [9.17, 15) is 18.0 Å². The smallest absolute Gasteiger partial charge is 0.346 e. The first-order valence-electron chi connectivity index (χ1n) is 12.4. The molecule has 2 aromatic carbocycles. The van der Waals surface area contributed by atoms with Crippen LogP contribution in [0.3, 0.4) is 0 Å². The SMILES string of the molecule is CN1CCN(Cc2ccc(NC(=O)C=Cc3cccc(-c4cnc5[nH]ccc5c4)c3)cc2C(F)(F)F)CC1. The zero-order valence-corrected chi connectivity index (χ0v) is 20.9. The minimum Gasteiger partial charge on any atom is -0.346 e. The lowest BCUT2D eigenvalue weighted by atomic mass is 10.0. The maximum atomic E-state index is 13.8. The summed E-state index contributed by atoms with van der Waals surface area (Å²) >= 11 is 0. The highest BCUT2D eigenvalue weighted by Gasteiger charge is 2.34. The summed E-state index contributed by atoms with van der Waals surface area (Å²) in [6.45, 7) is 3.30. The predicted octanol–water partition coefficient (Wildman–Crippen LogP) is 5.65. The summed E-state index contributed by atoms with van der Waals surface area (Å²) in [5.74, 6) is -0.509. The van der Waals surface area contributed by atoms with Crippen molar-refractivity contribution >= 4 is 28.7 Å². The van der Waals surface area contributed by atoms with Crippen LogP contribution in [0.25, 0.3) is 28.2 Å². The molecular formula is C29H28F3N5O. The summed E-state index contributed by atoms with van der Waals surface area (Å²) in [6, 6.07) is 15.6. The van der Waals surface area contributed by atoms with Gasteiger partial charge in [-0.3, -0.25) is 9.69 Å². The molecule has 0 radical (unpaired) electrons. The molecule has 196 valence electrons. The van der Waals surface area contributed by atoms with Gasteiger partial charge in [0.25, 0.3) is 0 Å². The van der Waals surface area contributed by atoms with Crippen LogP contribution in [0.1, 0.15) is 16.7 Å². The fourth-order valence-corrected chi connectivity index (χ4v) is 4.58. The molecular weight excluding hydrogens is 491 g/mol. The molecule has 2 N–H and O–H groups in total. The van der Waals surface area contributed by atoms with Crippen molar-refractivity contribution in [3.05, 3.63) is 89.8 Å². The summed E-state index contributed by atoms with van der Waals surface area (Å²) < 4.78 is 41.5. The predicted molar refractivity (Wildman–Crippen MR) is 143 cm³/mol. The van der Waals surface area contributed by atoms with Crippen molar-refractivity contribution in [2.75, 3.05) is 38.5 Å². The topological polar surface area (TPSA) is 64.3 Å². The molecule has 0 aliphatic carbocycles. The molecule has 0 saturated carbocycles. The Morgan fingerprint density at radius 3 is 2.66 bits per heavy atom. The average molecular weight is 520 g/mol. The van der Waals surface area contributed by atoms with Crippen LogP contribution < -0.4 is 5.32 Å². The Morgan fingerprint density at radius 2 is 1.87 bits per heavy atom. The van der Waals surface area contributed by atoms with E-state index >= 15 is 0 Å². The van der Waals surface area contributed by atoms with E-state index in [4.69, 9.17) is 0 Å². The summed E-state index contributed by atoms with van der Waals surface area (Å²) in [5, 5.41) is 3.56. The number of H-pyrrole nitrogens is 1. The van der Waals surface area contributed by atoms with Crippen LogP contribution in [0.5, 0.6) is 0 Å². The molecule has 0 unspecified atom stereocenters. The normalized spacial score (nSPS) is 15.4. The van der Waals surface area contributed by atoms with E-state index in [1.165, 1.54) is 18.2 Å². The van der Waals surface area contributed by atoms with E-state index in [1.54, 1.807) is 12.3 Å². The number of pyridine rings is 1. The number of alkyl halides is 3. The number of hydrogen-bond donors (Lipinski definition) is 2. The van der Waals surface area contributed by atoms with E-state index < -0.39 is 17.6 Å². The highest BCUT2D eigenvalue weighted by molar-refractivity contribution is 6.02. The van der Waals surface area contributed by atoms with Gasteiger partial charge in [0.15, 0.2) is 0 Å². The zero-order valence-electron chi connectivity index (χ0n) is 20.9. The zero-order chi connectivity index (χ0) is 26.7. The second kappa shape index (κ2) is 10.8. The number of nitrogens with one attached hydrogen (secondary N) is 2. The minimum atomic E-state index is -4.52. The molecule has 1 aliphatic heterocycles. The number of hydrogen-bond acceptors (Lipinski definition) is 4. The number of carbonyl (C=O) groups excluding carboxylic acids is 1. The molecule has 1 fully saturated rings. The summed E-state index contributed by atoms with van der Waals surface area (Å²) in [4.78, 5) is 24.2. The number of fused-ring (bicyclic) bond motifs is 1. The van der Waals surface area contributed by atoms with E-state index in [2.05, 4.69) is 20.2 Å². The highest BCUT2D eigenvalue weighted by atomic mass is 19.4. The van der Waals surface area contributed by atoms with Gasteiger partial charge in [-0.2, -0.15) is 13.2 Å². The Kier molecular flexibility index (Phi) is 7.31. The largest absolute Gasteiger partial charge is 0.416 e. The van der Waals surface area contributed by atoms with Gasteiger partial charge in [-0.1, -0.05) is 24.3 Å². The van der Waals surface area contributed by atoms with Gasteiger partial charge in [0.05, 0.1) is 5.56 Å². The monoisotopic (exact) mass is 519 g/mol. The quantitative estimate of drug-likeness (QED) is 0.323. The lowest BCUT2D eigenvalue weighted by Gasteiger charge is -2.33. The van der Waals surface area contributed by atoms with Gasteiger partial charge in [-0.05, 0) is 60.1 Å². The fraction of sp³-hybridized carbons (Fsp3) is 0.241. The summed E-state index contributed by atoms with van der Waals surface area (Å²) in [6.07, 6.45) is 2.04. The molecule has 3 heterocycles. The van der Waals surface area contributed by atoms with Gasteiger partial charge in [-0.15, -0.1) is 0 Å². The van der Waals surface area contributed by atoms with Gasteiger partial charge in [0.2, 0.25) is 5.91 Å². The van der Waals surface area contributed by atoms with Gasteiger partial charge in [0, 0.05) is 67.8 Å². The molecule has 4 aromatic rings. The third-order valence-corrected chi connectivity index (χ3v) is 6.72. The minimum absolute atomic E-state index is 0.105. The number of carbonyl (C=O) groups is 1. The van der Waals surface area contributed by atoms with Gasteiger partial charge < -0.3 is 15.2 Å². The number of benzene rings is 2. The molecule has 2 aromatic heterocycles. The summed E-state index contributed by atoms with van der Waals surface area (Å²) in [5.41, 5.74) is 3.06. The molecule has 0 atom stereocenters. The van der Waals surface area contributed by atoms with Gasteiger partial charge in [0.1, 0.15) is 5.65 Å². The van der Waals surface area contributed by atoms with Crippen molar-refractivity contribution in [3.63, 3.8) is 0 Å². The Morgan fingerprint density at radius 1 is 1.05 bits per heavy atom. The molecule has 1 saturated heterocycles. The second-order valence-electron chi connectivity index (χ2n) is 9.54. The van der Waals surface area contributed by atoms with E-state index in [0.717, 1.165) is 60.0 Å². The molecule has 9 heteroatoms. The lowest BCUT2D eigenvalue weighted by molar-refractivity contribution is -0.138. The molecule has 0 spiro atoms. The molecule has 1 aliphatic rings. The summed E-state index contributed by atoms with van der Waals surface area (Å²) in [7, 11) is 2.00. The number of aromatic nitrogens is 2. The first kappa shape index (κ1) is 25.7. The second-order valence-corrected chi connectivity index (χ2v) is 9.54. The molecule has 6 nitrogen and oxygen atoms in total. The number of halogens is 3. The van der Waals surface area contributed by atoms with Crippen molar-refractivity contribution in [2.45, 2.75) is 12.7 Å². The Bertz CT molecular complexity index is 1470. The van der Waals surface area contributed by atoms with Crippen LogP contribution in [-0.2, 0) is 17.5 Å². The first-order valence-corrected chi connectivity index (χ1v) is 12.4. The van der Waals surface area contributed by atoms with Crippen molar-refractivity contribution in [3.8, 4) is 11.1 Å². The number of likely N-dealkylation sites (N-methyl/N-ethyl adjacent to an activating group) is 1. The standard InChI is InChI=1S/C29H28F3N5O/c1-36-11-13-37(14-12-36)19-23-6-7-25(17-26(23)29(30,31)32)35-27(38)8-5-20-3-2-4-21(15-20)24-16-22-9-10-33-28(22)34-18-24/h2-10,15-18H,11-14,19H2,1H3,(H,33,34)(H,35,38). The third-order valence-electron chi connectivity index (χ3n) is 6.72. The van der Waals surface area contributed by atoms with Crippen molar-refractivity contribution < 1.29 is 18.0 Å². The maximum Gasteiger partial charge on any atom is 0.416 e. The Balaban J connectivity index is 1.28. The van der Waals surface area contributed by atoms with Crippen LogP contribution in [0.15, 0.2) is 73.1 Å². The van der Waals surface area contributed by atoms with Crippen LogP contribution in [0.2, 0.25) is 0 Å². The number of aromatic amines is 1. The van der Waals surface area contributed by atoms with E-state index in [-0.39, 0.29) is 17.8 Å². The third kappa shape index (κ3) is 6.12. The van der Waals surface area contributed by atoms with E-state index in [0.29, 0.717) is 0 Å². The fourth-order valence-electron chi connectivity index (χ4n) is 4.58. The Labute approximate surface area is 218 Å². The van der Waals surface area contributed by atoms with Crippen LogP contribution in [-0.4, -0.2) is 58.9 Å². The van der Waals surface area contributed by atoms with Crippen LogP contribution in [0, 0.1) is 0 Å². The van der Waals surface area contributed by atoms with Crippen LogP contribution in [0.4, 0.5) is 18.9 Å². The van der Waals surface area contributed by atoms with Crippen molar-refractivity contribution in [2.24, 2.45) is 0 Å². The number of anilines is 1. The van der Waals surface area contributed by atoms with E-state index in [1.807, 2.05) is 54.5 Å². The lowest BCUT2D eigenvalue weighted by Crippen LogP contribution is -2.44. The van der Waals surface area contributed by atoms with Crippen molar-refractivity contribution in [1.29, 1.82) is 0 Å². The Hall–Kier alpha value is -3.95. The number of nitrogens with zero attached hydrogens (tertiary/aromatic N) is 3. The maximum absolute atomic E-state index is 13.8. The number of amides is 1. The van der Waals surface area contributed by atoms with Gasteiger partial charge in [-0.25, -0.2) is 4.98 Å². The molecule has 1 amide bonds. The number of rotatable bonds is 6. The van der Waals surface area contributed by atoms with Crippen LogP contribution >= 0.6 is 0 Å². The molecule has 38 heavy (non-hydrogen) atoms. The molecule has 5 rings (SSSR count). The van der Waals surface area contributed by atoms with Crippen molar-refractivity contribution in [1.82, 2.24) is 19.8 Å². The highest BCUT2D eigenvalue weighted by Crippen LogP contribution is 2.34. The first-order chi connectivity index (χ1) is 18.2. The average Bonchev–Trinajstić information content (AvgIpc) is 3.37. The molecule has 0 bridgehead atoms.